The van der Waals surface area contributed by atoms with Crippen molar-refractivity contribution in [2.75, 3.05) is 32.1 Å². The Kier molecular flexibility index (Phi) is 6.97. The molecule has 1 aromatic carbocycles. The molecule has 0 spiro atoms. The van der Waals surface area contributed by atoms with Gasteiger partial charge in [-0.1, -0.05) is 17.4 Å². The van der Waals surface area contributed by atoms with Crippen LogP contribution in [-0.4, -0.2) is 52.8 Å². The fraction of sp³-hybridized carbons (Fsp3) is 0.421. The Morgan fingerprint density at radius 1 is 1.22 bits per heavy atom. The van der Waals surface area contributed by atoms with Gasteiger partial charge in [-0.15, -0.1) is 12.4 Å². The van der Waals surface area contributed by atoms with Crippen LogP contribution in [0.4, 0.5) is 5.13 Å². The Hall–Kier alpha value is -1.96. The van der Waals surface area contributed by atoms with Gasteiger partial charge in [0.05, 0.1) is 10.2 Å². The summed E-state index contributed by atoms with van der Waals surface area (Å²) in [6.07, 6.45) is 2.53. The van der Waals surface area contributed by atoms with Crippen LogP contribution in [0.5, 0.6) is 0 Å². The lowest BCUT2D eigenvalue weighted by molar-refractivity contribution is 0.0977. The number of benzene rings is 1. The number of fused-ring (bicyclic) bond motifs is 1. The molecule has 0 atom stereocenters. The molecule has 0 bridgehead atoms. The minimum absolute atomic E-state index is 0. The second kappa shape index (κ2) is 8.82. The number of carbonyl (C=O) groups excluding carboxylic acids is 1. The molecule has 2 heterocycles. The predicted molar refractivity (Wildman–Crippen MR) is 114 cm³/mol. The molecule has 27 heavy (non-hydrogen) atoms. The molecule has 0 radical (unpaired) electrons. The van der Waals surface area contributed by atoms with Crippen molar-refractivity contribution in [1.29, 1.82) is 0 Å². The number of rotatable bonds is 6. The fourth-order valence-electron chi connectivity index (χ4n) is 3.03. The van der Waals surface area contributed by atoms with Gasteiger partial charge in [-0.2, -0.15) is 5.10 Å². The molecular formula is C19H26ClN5OS. The van der Waals surface area contributed by atoms with Gasteiger partial charge in [0, 0.05) is 19.8 Å². The Bertz CT molecular complexity index is 933. The number of nitrogens with zero attached hydrogens (tertiary/aromatic N) is 5. The summed E-state index contributed by atoms with van der Waals surface area (Å²) in [6.45, 7) is 5.69. The monoisotopic (exact) mass is 407 g/mol. The fourth-order valence-corrected chi connectivity index (χ4v) is 4.19. The van der Waals surface area contributed by atoms with E-state index < -0.39 is 0 Å². The molecule has 0 saturated carbocycles. The largest absolute Gasteiger partial charge is 0.309 e. The van der Waals surface area contributed by atoms with E-state index in [-0.39, 0.29) is 18.3 Å². The Morgan fingerprint density at radius 2 is 1.96 bits per heavy atom. The van der Waals surface area contributed by atoms with Crippen molar-refractivity contribution in [2.24, 2.45) is 7.05 Å². The van der Waals surface area contributed by atoms with Crippen molar-refractivity contribution in [3.63, 3.8) is 0 Å². The lowest BCUT2D eigenvalue weighted by atomic mass is 10.1. The summed E-state index contributed by atoms with van der Waals surface area (Å²) in [7, 11) is 5.87. The highest BCUT2D eigenvalue weighted by Crippen LogP contribution is 2.32. The molecule has 6 nitrogen and oxygen atoms in total. The Labute approximate surface area is 170 Å². The topological polar surface area (TPSA) is 54.3 Å². The van der Waals surface area contributed by atoms with E-state index in [1.807, 2.05) is 14.1 Å². The molecule has 1 amide bonds. The number of thiazole rings is 1. The molecule has 0 aliphatic carbocycles. The van der Waals surface area contributed by atoms with E-state index in [1.54, 1.807) is 40.2 Å². The highest BCUT2D eigenvalue weighted by Gasteiger charge is 2.23. The third-order valence-electron chi connectivity index (χ3n) is 4.32. The molecule has 8 heteroatoms. The molecule has 0 aliphatic rings. The van der Waals surface area contributed by atoms with Gasteiger partial charge in [0.15, 0.2) is 5.13 Å². The van der Waals surface area contributed by atoms with Gasteiger partial charge in [-0.05, 0) is 64.2 Å². The van der Waals surface area contributed by atoms with E-state index >= 15 is 0 Å². The average Bonchev–Trinajstić information content (AvgIpc) is 3.17. The molecule has 146 valence electrons. The van der Waals surface area contributed by atoms with Crippen LogP contribution in [0.3, 0.4) is 0 Å². The zero-order valence-electron chi connectivity index (χ0n) is 16.4. The van der Waals surface area contributed by atoms with E-state index in [2.05, 4.69) is 36.0 Å². The van der Waals surface area contributed by atoms with Crippen molar-refractivity contribution >= 4 is 45.0 Å². The molecular weight excluding hydrogens is 382 g/mol. The van der Waals surface area contributed by atoms with Crippen LogP contribution < -0.4 is 4.90 Å². The number of aromatic nitrogens is 3. The van der Waals surface area contributed by atoms with Crippen molar-refractivity contribution in [2.45, 2.75) is 20.3 Å². The number of hydrogen-bond donors (Lipinski definition) is 0. The van der Waals surface area contributed by atoms with Crippen molar-refractivity contribution in [1.82, 2.24) is 19.7 Å². The predicted octanol–water partition coefficient (Wildman–Crippen LogP) is 3.67. The highest BCUT2D eigenvalue weighted by atomic mass is 35.5. The number of amides is 1. The van der Waals surface area contributed by atoms with E-state index in [1.165, 1.54) is 5.56 Å². The first-order valence-corrected chi connectivity index (χ1v) is 9.51. The Balaban J connectivity index is 0.00000261. The summed E-state index contributed by atoms with van der Waals surface area (Å²) < 4.78 is 2.73. The minimum Gasteiger partial charge on any atom is -0.309 e. The highest BCUT2D eigenvalue weighted by molar-refractivity contribution is 7.22. The second-order valence-electron chi connectivity index (χ2n) is 6.88. The zero-order valence-corrected chi connectivity index (χ0v) is 18.0. The van der Waals surface area contributed by atoms with E-state index in [0.717, 1.165) is 33.9 Å². The summed E-state index contributed by atoms with van der Waals surface area (Å²) in [4.78, 5) is 21.9. The van der Waals surface area contributed by atoms with Crippen LogP contribution in [0.15, 0.2) is 24.4 Å². The zero-order chi connectivity index (χ0) is 18.8. The van der Waals surface area contributed by atoms with Crippen LogP contribution in [0.2, 0.25) is 0 Å². The number of halogens is 1. The van der Waals surface area contributed by atoms with Crippen molar-refractivity contribution in [3.8, 4) is 0 Å². The first-order chi connectivity index (χ1) is 12.4. The van der Waals surface area contributed by atoms with Crippen LogP contribution in [0, 0.1) is 13.8 Å². The smallest absolute Gasteiger partial charge is 0.278 e. The first-order valence-electron chi connectivity index (χ1n) is 8.69. The quantitative estimate of drug-likeness (QED) is 0.625. The second-order valence-corrected chi connectivity index (χ2v) is 7.89. The van der Waals surface area contributed by atoms with Crippen LogP contribution in [0.1, 0.15) is 28.0 Å². The maximum Gasteiger partial charge on any atom is 0.278 e. The average molecular weight is 408 g/mol. The van der Waals surface area contributed by atoms with Crippen LogP contribution in [-0.2, 0) is 7.05 Å². The maximum atomic E-state index is 13.1. The van der Waals surface area contributed by atoms with Crippen LogP contribution in [0.25, 0.3) is 10.2 Å². The molecule has 3 aromatic rings. The minimum atomic E-state index is -0.0582. The van der Waals surface area contributed by atoms with Gasteiger partial charge in [0.25, 0.3) is 5.91 Å². The van der Waals surface area contributed by atoms with Gasteiger partial charge in [-0.25, -0.2) is 4.98 Å². The van der Waals surface area contributed by atoms with E-state index in [9.17, 15) is 4.79 Å². The standard InChI is InChI=1S/C19H25N5OS.ClH/c1-13-11-14(2)17-16(12-13)26-19(21-17)24(10-6-9-22(3)4)18(25)15-7-8-20-23(15)5;/h7-8,11-12H,6,9-10H2,1-5H3;1H. The molecule has 0 fully saturated rings. The van der Waals surface area contributed by atoms with E-state index in [4.69, 9.17) is 4.98 Å². The summed E-state index contributed by atoms with van der Waals surface area (Å²) in [5.41, 5.74) is 3.90. The summed E-state index contributed by atoms with van der Waals surface area (Å²) in [5, 5.41) is 4.88. The molecule has 0 unspecified atom stereocenters. The number of aryl methyl sites for hydroxylation is 3. The van der Waals surface area contributed by atoms with Crippen molar-refractivity contribution < 1.29 is 4.79 Å². The first kappa shape index (κ1) is 21.3. The number of hydrogen-bond acceptors (Lipinski definition) is 5. The lowest BCUT2D eigenvalue weighted by Crippen LogP contribution is -2.34. The van der Waals surface area contributed by atoms with Gasteiger partial charge in [-0.3, -0.25) is 14.4 Å². The maximum absolute atomic E-state index is 13.1. The van der Waals surface area contributed by atoms with Crippen molar-refractivity contribution in [3.05, 3.63) is 41.2 Å². The van der Waals surface area contributed by atoms with Gasteiger partial charge in [0.2, 0.25) is 0 Å². The summed E-state index contributed by atoms with van der Waals surface area (Å²) in [6, 6.07) is 6.02. The molecule has 0 N–H and O–H groups in total. The molecule has 0 saturated heterocycles. The summed E-state index contributed by atoms with van der Waals surface area (Å²) >= 11 is 1.57. The third-order valence-corrected chi connectivity index (χ3v) is 5.35. The summed E-state index contributed by atoms with van der Waals surface area (Å²) in [5.74, 6) is -0.0582. The Morgan fingerprint density at radius 3 is 2.59 bits per heavy atom. The SMILES string of the molecule is Cc1cc(C)c2nc(N(CCCN(C)C)C(=O)c3ccnn3C)sc2c1.Cl. The van der Waals surface area contributed by atoms with Gasteiger partial charge >= 0.3 is 0 Å². The van der Waals surface area contributed by atoms with E-state index in [0.29, 0.717) is 12.2 Å². The lowest BCUT2D eigenvalue weighted by Gasteiger charge is -2.21. The van der Waals surface area contributed by atoms with Gasteiger partial charge < -0.3 is 4.90 Å². The number of anilines is 1. The molecule has 3 rings (SSSR count). The molecule has 0 aliphatic heterocycles. The van der Waals surface area contributed by atoms with Gasteiger partial charge in [0.1, 0.15) is 5.69 Å². The van der Waals surface area contributed by atoms with Crippen LogP contribution >= 0.6 is 23.7 Å². The third kappa shape index (κ3) is 4.66. The molecule has 2 aromatic heterocycles. The normalized spacial score (nSPS) is 11.0. The number of carbonyl (C=O) groups is 1.